The predicted molar refractivity (Wildman–Crippen MR) is 126 cm³/mol. The van der Waals surface area contributed by atoms with Gasteiger partial charge in [0, 0.05) is 18.1 Å². The van der Waals surface area contributed by atoms with E-state index in [0.717, 1.165) is 16.8 Å². The molecule has 1 aliphatic heterocycles. The molecule has 12 nitrogen and oxygen atoms in total. The van der Waals surface area contributed by atoms with Gasteiger partial charge >= 0.3 is 5.97 Å². The van der Waals surface area contributed by atoms with Gasteiger partial charge in [0.15, 0.2) is 23.2 Å². The zero-order valence-corrected chi connectivity index (χ0v) is 20.9. The van der Waals surface area contributed by atoms with Crippen molar-refractivity contribution in [1.29, 1.82) is 0 Å². The predicted octanol–water partition coefficient (Wildman–Crippen LogP) is 1.08. The topological polar surface area (TPSA) is 184 Å². The number of aromatic nitrogens is 4. The Morgan fingerprint density at radius 2 is 1.73 bits per heavy atom. The fraction of sp³-hybridized carbons (Fsp3) is 0.520. The van der Waals surface area contributed by atoms with Gasteiger partial charge in [0.2, 0.25) is 0 Å². The first-order valence-corrected chi connectivity index (χ1v) is 12.6. The van der Waals surface area contributed by atoms with E-state index in [4.69, 9.17) is 9.26 Å². The number of benzene rings is 1. The molecule has 3 aromatic rings. The zero-order chi connectivity index (χ0) is 28.8. The van der Waals surface area contributed by atoms with Crippen LogP contribution in [-0.4, -0.2) is 82.7 Å². The van der Waals surface area contributed by atoms with E-state index in [0.29, 0.717) is 0 Å². The molecule has 1 saturated carbocycles. The quantitative estimate of drug-likeness (QED) is 0.257. The highest BCUT2D eigenvalue weighted by atomic mass is 19.2. The minimum Gasteiger partial charge on any atom is -0.481 e. The van der Waals surface area contributed by atoms with Gasteiger partial charge in [-0.2, -0.15) is 0 Å². The average Bonchev–Trinajstić information content (AvgIpc) is 3.60. The molecule has 5 atom stereocenters. The summed E-state index contributed by atoms with van der Waals surface area (Å²) in [4.78, 5) is 11.2. The third kappa shape index (κ3) is 5.22. The Morgan fingerprint density at radius 3 is 2.35 bits per heavy atom. The van der Waals surface area contributed by atoms with Gasteiger partial charge in [-0.25, -0.2) is 17.9 Å². The van der Waals surface area contributed by atoms with Crippen LogP contribution in [0.5, 0.6) is 0 Å². The van der Waals surface area contributed by atoms with Crippen molar-refractivity contribution in [3.8, 4) is 11.3 Å². The van der Waals surface area contributed by atoms with Crippen LogP contribution in [0.25, 0.3) is 11.3 Å². The molecule has 1 saturated heterocycles. The van der Waals surface area contributed by atoms with Crippen LogP contribution in [-0.2, 0) is 21.6 Å². The van der Waals surface area contributed by atoms with Gasteiger partial charge in [0.25, 0.3) is 0 Å². The van der Waals surface area contributed by atoms with Crippen LogP contribution < -0.4 is 0 Å². The van der Waals surface area contributed by atoms with E-state index in [1.54, 1.807) is 0 Å². The molecule has 1 aromatic carbocycles. The van der Waals surface area contributed by atoms with Crippen molar-refractivity contribution in [1.82, 2.24) is 20.2 Å². The molecule has 40 heavy (non-hydrogen) atoms. The molecule has 15 heteroatoms. The third-order valence-electron chi connectivity index (χ3n) is 7.68. The molecule has 3 heterocycles. The second kappa shape index (κ2) is 10.9. The van der Waals surface area contributed by atoms with Crippen molar-refractivity contribution in [2.75, 3.05) is 6.61 Å². The fourth-order valence-corrected chi connectivity index (χ4v) is 5.34. The first kappa shape index (κ1) is 28.2. The molecular formula is C25H27F3N4O8. The van der Waals surface area contributed by atoms with E-state index < -0.39 is 72.0 Å². The molecule has 2 aliphatic rings. The van der Waals surface area contributed by atoms with Crippen molar-refractivity contribution in [2.24, 2.45) is 5.92 Å². The van der Waals surface area contributed by atoms with Crippen molar-refractivity contribution in [3.63, 3.8) is 0 Å². The highest BCUT2D eigenvalue weighted by Gasteiger charge is 2.47. The van der Waals surface area contributed by atoms with Crippen LogP contribution in [0.1, 0.15) is 43.2 Å². The summed E-state index contributed by atoms with van der Waals surface area (Å²) in [6, 6.07) is 1.73. The van der Waals surface area contributed by atoms with Gasteiger partial charge < -0.3 is 34.8 Å². The smallest absolute Gasteiger partial charge is 0.306 e. The minimum atomic E-state index is -1.64. The largest absolute Gasteiger partial charge is 0.481 e. The Bertz CT molecular complexity index is 1350. The number of carbonyl (C=O) groups is 1. The van der Waals surface area contributed by atoms with Crippen LogP contribution in [0.3, 0.4) is 0 Å². The summed E-state index contributed by atoms with van der Waals surface area (Å²) in [6.45, 7) is -0.620. The summed E-state index contributed by atoms with van der Waals surface area (Å²) in [5.74, 6) is -5.82. The highest BCUT2D eigenvalue weighted by Crippen LogP contribution is 2.40. The number of aliphatic carboxylic acids is 1. The van der Waals surface area contributed by atoms with E-state index in [1.165, 1.54) is 12.3 Å². The summed E-state index contributed by atoms with van der Waals surface area (Å²) < 4.78 is 52.9. The van der Waals surface area contributed by atoms with Crippen LogP contribution in [0.4, 0.5) is 13.2 Å². The molecule has 0 amide bonds. The number of hydrogen-bond donors (Lipinski definition) is 5. The maximum atomic E-state index is 13.7. The Balaban J connectivity index is 1.34. The molecule has 5 N–H and O–H groups in total. The first-order chi connectivity index (χ1) is 19.0. The van der Waals surface area contributed by atoms with Crippen molar-refractivity contribution < 1.29 is 52.8 Å². The third-order valence-corrected chi connectivity index (χ3v) is 7.68. The number of ether oxygens (including phenoxy) is 1. The van der Waals surface area contributed by atoms with Crippen molar-refractivity contribution in [2.45, 2.75) is 68.2 Å². The Labute approximate surface area is 224 Å². The Morgan fingerprint density at radius 1 is 1.07 bits per heavy atom. The van der Waals surface area contributed by atoms with Gasteiger partial charge in [-0.3, -0.25) is 4.79 Å². The lowest BCUT2D eigenvalue weighted by molar-refractivity contribution is -0.205. The lowest BCUT2D eigenvalue weighted by Crippen LogP contribution is -2.56. The molecule has 216 valence electrons. The lowest BCUT2D eigenvalue weighted by atomic mass is 9.77. The zero-order valence-electron chi connectivity index (χ0n) is 20.9. The standard InChI is InChI=1S/C25H27F3N4O8/c26-14-5-12(6-15(27)20(14)28)16-9-32(31-29-16)21-22(34)17(39-18(10-33)23(21)35)7-13-8-19(40-30-13)25(38)3-1-11(2-4-25)24(36)37/h5-6,8-9,11,17-18,21-23,33-35,38H,1-4,7,10H2,(H,36,37)/t11?,17-,18-,21-,22+,23+,25?/m1/s1. The van der Waals surface area contributed by atoms with E-state index in [2.05, 4.69) is 15.5 Å². The molecular weight excluding hydrogens is 541 g/mol. The Hall–Kier alpha value is -3.37. The number of hydrogen-bond acceptors (Lipinski definition) is 10. The van der Waals surface area contributed by atoms with Crippen LogP contribution in [0.15, 0.2) is 28.9 Å². The molecule has 0 spiro atoms. The normalized spacial score (nSPS) is 30.9. The monoisotopic (exact) mass is 568 g/mol. The number of halogens is 3. The van der Waals surface area contributed by atoms with Crippen molar-refractivity contribution in [3.05, 3.63) is 53.3 Å². The van der Waals surface area contributed by atoms with Crippen LogP contribution >= 0.6 is 0 Å². The number of aliphatic hydroxyl groups is 4. The fourth-order valence-electron chi connectivity index (χ4n) is 5.34. The average molecular weight is 569 g/mol. The second-order valence-electron chi connectivity index (χ2n) is 10.2. The summed E-state index contributed by atoms with van der Waals surface area (Å²) in [5.41, 5.74) is -1.30. The number of rotatable bonds is 7. The summed E-state index contributed by atoms with van der Waals surface area (Å²) >= 11 is 0. The lowest BCUT2D eigenvalue weighted by Gasteiger charge is -2.42. The van der Waals surface area contributed by atoms with Crippen molar-refractivity contribution >= 4 is 5.97 Å². The second-order valence-corrected chi connectivity index (χ2v) is 10.2. The first-order valence-electron chi connectivity index (χ1n) is 12.6. The van der Waals surface area contributed by atoms with E-state index >= 15 is 0 Å². The molecule has 0 radical (unpaired) electrons. The molecule has 2 aromatic heterocycles. The Kier molecular flexibility index (Phi) is 7.67. The van der Waals surface area contributed by atoms with Crippen LogP contribution in [0, 0.1) is 23.4 Å². The van der Waals surface area contributed by atoms with E-state index in [1.807, 2.05) is 0 Å². The highest BCUT2D eigenvalue weighted by molar-refractivity contribution is 5.70. The number of aliphatic hydroxyl groups excluding tert-OH is 3. The number of carboxylic acid groups (broad SMARTS) is 1. The maximum Gasteiger partial charge on any atom is 0.306 e. The summed E-state index contributed by atoms with van der Waals surface area (Å²) in [6.07, 6.45) is -3.11. The molecule has 0 bridgehead atoms. The number of nitrogens with zero attached hydrogens (tertiary/aromatic N) is 4. The van der Waals surface area contributed by atoms with Crippen LogP contribution in [0.2, 0.25) is 0 Å². The van der Waals surface area contributed by atoms with E-state index in [9.17, 15) is 43.5 Å². The molecule has 1 aliphatic carbocycles. The molecule has 2 fully saturated rings. The summed E-state index contributed by atoms with van der Waals surface area (Å²) in [7, 11) is 0. The minimum absolute atomic E-state index is 0.0614. The van der Waals surface area contributed by atoms with Gasteiger partial charge in [-0.05, 0) is 37.8 Å². The molecule has 5 rings (SSSR count). The maximum absolute atomic E-state index is 13.7. The van der Waals surface area contributed by atoms with Gasteiger partial charge in [-0.15, -0.1) is 5.10 Å². The summed E-state index contributed by atoms with van der Waals surface area (Å²) in [5, 5.41) is 63.6. The van der Waals surface area contributed by atoms with Gasteiger partial charge in [0.05, 0.1) is 30.5 Å². The number of carboxylic acids is 1. The SMILES string of the molecule is O=C(O)C1CCC(O)(c2cc(C[C@H]3O[C@H](CO)[C@H](O)[C@H](n4cc(-c5cc(F)c(F)c(F)c5)nn4)[C@H]3O)no2)CC1. The van der Waals surface area contributed by atoms with Gasteiger partial charge in [-0.1, -0.05) is 10.4 Å². The van der Waals surface area contributed by atoms with Gasteiger partial charge in [0.1, 0.15) is 35.6 Å². The van der Waals surface area contributed by atoms with E-state index in [-0.39, 0.29) is 54.8 Å². The molecule has 0 unspecified atom stereocenters.